The van der Waals surface area contributed by atoms with E-state index in [0.717, 1.165) is 16.4 Å². The maximum absolute atomic E-state index is 14.1. The van der Waals surface area contributed by atoms with Crippen molar-refractivity contribution in [3.05, 3.63) is 93.7 Å². The SMILES string of the molecule is CC(C)(C)NC(=O)C(c1ccc(Cl)cc1)n1c(=O)c2c3ccccc3nn2c2ccccc21. The van der Waals surface area contributed by atoms with Gasteiger partial charge in [-0.1, -0.05) is 54.1 Å². The number of hydrogen-bond donors (Lipinski definition) is 1. The zero-order chi connectivity index (χ0) is 23.3. The summed E-state index contributed by atoms with van der Waals surface area (Å²) in [6.45, 7) is 5.75. The molecule has 5 aromatic rings. The second-order valence-corrected chi connectivity index (χ2v) is 9.57. The quantitative estimate of drug-likeness (QED) is 0.415. The summed E-state index contributed by atoms with van der Waals surface area (Å²) in [7, 11) is 0. The van der Waals surface area contributed by atoms with Crippen LogP contribution < -0.4 is 10.9 Å². The van der Waals surface area contributed by atoms with E-state index in [2.05, 4.69) is 10.4 Å². The van der Waals surface area contributed by atoms with Gasteiger partial charge in [-0.2, -0.15) is 5.10 Å². The number of carbonyl (C=O) groups excluding carboxylic acids is 1. The Labute approximate surface area is 195 Å². The first-order chi connectivity index (χ1) is 15.7. The minimum absolute atomic E-state index is 0.273. The molecule has 7 heteroatoms. The molecule has 3 aromatic carbocycles. The first-order valence-electron chi connectivity index (χ1n) is 10.7. The number of rotatable bonds is 3. The van der Waals surface area contributed by atoms with Crippen LogP contribution in [0.1, 0.15) is 32.4 Å². The fourth-order valence-corrected chi connectivity index (χ4v) is 4.37. The van der Waals surface area contributed by atoms with Gasteiger partial charge in [0.2, 0.25) is 5.91 Å². The highest BCUT2D eigenvalue weighted by molar-refractivity contribution is 6.30. The van der Waals surface area contributed by atoms with Crippen molar-refractivity contribution in [1.82, 2.24) is 19.5 Å². The minimum Gasteiger partial charge on any atom is -0.349 e. The Morgan fingerprint density at radius 2 is 1.58 bits per heavy atom. The molecule has 1 N–H and O–H groups in total. The molecule has 0 bridgehead atoms. The molecule has 0 fully saturated rings. The molecule has 0 aliphatic heterocycles. The van der Waals surface area contributed by atoms with E-state index in [9.17, 15) is 9.59 Å². The van der Waals surface area contributed by atoms with Crippen LogP contribution in [0.4, 0.5) is 0 Å². The van der Waals surface area contributed by atoms with Crippen LogP contribution in [0.25, 0.3) is 27.5 Å². The van der Waals surface area contributed by atoms with Crippen molar-refractivity contribution >= 4 is 45.0 Å². The van der Waals surface area contributed by atoms with E-state index >= 15 is 0 Å². The topological polar surface area (TPSA) is 68.4 Å². The zero-order valence-corrected chi connectivity index (χ0v) is 19.3. The predicted molar refractivity (Wildman–Crippen MR) is 132 cm³/mol. The van der Waals surface area contributed by atoms with Gasteiger partial charge in [0, 0.05) is 15.9 Å². The molecular weight excluding hydrogens is 436 g/mol. The number of aromatic nitrogens is 3. The number of nitrogens with zero attached hydrogens (tertiary/aromatic N) is 3. The second kappa shape index (κ2) is 7.74. The Morgan fingerprint density at radius 1 is 0.939 bits per heavy atom. The van der Waals surface area contributed by atoms with Crippen LogP contribution in [-0.4, -0.2) is 25.6 Å². The lowest BCUT2D eigenvalue weighted by Gasteiger charge is -2.27. The third-order valence-electron chi connectivity index (χ3n) is 5.56. The number of fused-ring (bicyclic) bond motifs is 5. The van der Waals surface area contributed by atoms with Crippen LogP contribution in [0.5, 0.6) is 0 Å². The Morgan fingerprint density at radius 3 is 2.27 bits per heavy atom. The first-order valence-corrected chi connectivity index (χ1v) is 11.1. The van der Waals surface area contributed by atoms with Gasteiger partial charge in [-0.3, -0.25) is 14.2 Å². The van der Waals surface area contributed by atoms with Gasteiger partial charge in [0.1, 0.15) is 11.6 Å². The van der Waals surface area contributed by atoms with E-state index in [0.29, 0.717) is 21.6 Å². The van der Waals surface area contributed by atoms with Gasteiger partial charge in [-0.25, -0.2) is 4.52 Å². The molecule has 33 heavy (non-hydrogen) atoms. The average Bonchev–Trinajstić information content (AvgIpc) is 3.16. The maximum Gasteiger partial charge on any atom is 0.278 e. The van der Waals surface area contributed by atoms with Crippen molar-refractivity contribution in [2.45, 2.75) is 32.4 Å². The molecule has 6 nitrogen and oxygen atoms in total. The largest absolute Gasteiger partial charge is 0.349 e. The van der Waals surface area contributed by atoms with Crippen LogP contribution in [0, 0.1) is 0 Å². The van der Waals surface area contributed by atoms with E-state index in [-0.39, 0.29) is 11.5 Å². The lowest BCUT2D eigenvalue weighted by molar-refractivity contribution is -0.124. The van der Waals surface area contributed by atoms with E-state index < -0.39 is 11.6 Å². The van der Waals surface area contributed by atoms with Gasteiger partial charge >= 0.3 is 0 Å². The minimum atomic E-state index is -0.891. The molecule has 0 spiro atoms. The summed E-state index contributed by atoms with van der Waals surface area (Å²) >= 11 is 6.12. The highest BCUT2D eigenvalue weighted by Gasteiger charge is 2.30. The maximum atomic E-state index is 14.1. The molecule has 0 radical (unpaired) electrons. The van der Waals surface area contributed by atoms with Crippen molar-refractivity contribution in [2.75, 3.05) is 0 Å². The van der Waals surface area contributed by atoms with Crippen LogP contribution in [0.2, 0.25) is 5.02 Å². The van der Waals surface area contributed by atoms with Crippen molar-refractivity contribution in [2.24, 2.45) is 0 Å². The molecule has 2 heterocycles. The number of nitrogens with one attached hydrogen (secondary N) is 1. The molecular formula is C26H23ClN4O2. The molecule has 0 aliphatic rings. The van der Waals surface area contributed by atoms with E-state index in [1.807, 2.05) is 69.3 Å². The number of amides is 1. The molecule has 1 unspecified atom stereocenters. The summed E-state index contributed by atoms with van der Waals surface area (Å²) in [6.07, 6.45) is 0. The fourth-order valence-electron chi connectivity index (χ4n) is 4.24. The lowest BCUT2D eigenvalue weighted by Crippen LogP contribution is -2.46. The summed E-state index contributed by atoms with van der Waals surface area (Å²) in [5.41, 5.74) is 2.42. The van der Waals surface area contributed by atoms with Crippen molar-refractivity contribution in [3.8, 4) is 0 Å². The summed E-state index contributed by atoms with van der Waals surface area (Å²) < 4.78 is 3.25. The number of hydrogen-bond acceptors (Lipinski definition) is 3. The highest BCUT2D eigenvalue weighted by Crippen LogP contribution is 2.27. The zero-order valence-electron chi connectivity index (χ0n) is 18.5. The van der Waals surface area contributed by atoms with Gasteiger partial charge < -0.3 is 5.32 Å². The second-order valence-electron chi connectivity index (χ2n) is 9.13. The normalized spacial score (nSPS) is 13.0. The number of para-hydroxylation sites is 2. The van der Waals surface area contributed by atoms with E-state index in [4.69, 9.17) is 11.6 Å². The smallest absolute Gasteiger partial charge is 0.278 e. The first kappa shape index (κ1) is 21.2. The molecule has 0 saturated heterocycles. The van der Waals surface area contributed by atoms with Gasteiger partial charge in [-0.05, 0) is 56.7 Å². The molecule has 0 saturated carbocycles. The van der Waals surface area contributed by atoms with Crippen LogP contribution in [0.3, 0.4) is 0 Å². The number of halogens is 1. The Balaban J connectivity index is 1.90. The molecule has 1 amide bonds. The summed E-state index contributed by atoms with van der Waals surface area (Å²) in [4.78, 5) is 27.7. The standard InChI is InChI=1S/C26H23ClN4O2/c1-26(2,3)28-24(32)22(16-12-14-17(27)15-13-16)30-20-10-6-7-11-21(20)31-23(25(30)33)18-8-4-5-9-19(18)29-31/h4-15,22H,1-3H3,(H,28,32). The summed E-state index contributed by atoms with van der Waals surface area (Å²) in [5.74, 6) is -0.273. The molecule has 5 rings (SSSR count). The molecule has 2 aromatic heterocycles. The van der Waals surface area contributed by atoms with Gasteiger partial charge in [0.25, 0.3) is 5.56 Å². The monoisotopic (exact) mass is 458 g/mol. The van der Waals surface area contributed by atoms with Gasteiger partial charge in [0.15, 0.2) is 0 Å². The van der Waals surface area contributed by atoms with Crippen LogP contribution >= 0.6 is 11.6 Å². The Bertz CT molecular complexity index is 1580. The number of benzene rings is 3. The summed E-state index contributed by atoms with van der Waals surface area (Å²) in [5, 5.41) is 9.03. The number of carbonyl (C=O) groups is 1. The predicted octanol–water partition coefficient (Wildman–Crippen LogP) is 4.96. The Hall–Kier alpha value is -3.64. The van der Waals surface area contributed by atoms with Gasteiger partial charge in [-0.15, -0.1) is 0 Å². The molecule has 0 aliphatic carbocycles. The summed E-state index contributed by atoms with van der Waals surface area (Å²) in [6, 6.07) is 21.2. The Kier molecular flexibility index (Phi) is 4.98. The van der Waals surface area contributed by atoms with Crippen LogP contribution in [-0.2, 0) is 4.79 Å². The third-order valence-corrected chi connectivity index (χ3v) is 5.81. The average molecular weight is 459 g/mol. The van der Waals surface area contributed by atoms with E-state index in [1.165, 1.54) is 0 Å². The van der Waals surface area contributed by atoms with Crippen LogP contribution in [0.15, 0.2) is 77.6 Å². The molecule has 166 valence electrons. The highest BCUT2D eigenvalue weighted by atomic mass is 35.5. The van der Waals surface area contributed by atoms with Gasteiger partial charge in [0.05, 0.1) is 16.6 Å². The van der Waals surface area contributed by atoms with Crippen molar-refractivity contribution in [1.29, 1.82) is 0 Å². The lowest BCUT2D eigenvalue weighted by atomic mass is 10.0. The fraction of sp³-hybridized carbons (Fsp3) is 0.192. The van der Waals surface area contributed by atoms with Crippen molar-refractivity contribution in [3.63, 3.8) is 0 Å². The molecule has 1 atom stereocenters. The third kappa shape index (κ3) is 3.66. The van der Waals surface area contributed by atoms with Crippen molar-refractivity contribution < 1.29 is 4.79 Å². The van der Waals surface area contributed by atoms with E-state index in [1.54, 1.807) is 33.3 Å².